The number of halogens is 2. The highest BCUT2D eigenvalue weighted by Crippen LogP contribution is 2.29. The minimum Gasteiger partial charge on any atom is -0.283 e. The lowest BCUT2D eigenvalue weighted by molar-refractivity contribution is 0.566. The Bertz CT molecular complexity index is 691. The predicted molar refractivity (Wildman–Crippen MR) is 76.8 cm³/mol. The molecule has 9 heteroatoms. The van der Waals surface area contributed by atoms with Crippen LogP contribution in [-0.2, 0) is 19.1 Å². The van der Waals surface area contributed by atoms with Crippen molar-refractivity contribution in [3.63, 3.8) is 0 Å². The molecule has 0 aliphatic rings. The lowest BCUT2D eigenvalue weighted by Gasteiger charge is -2.20. The third-order valence-corrected chi connectivity index (χ3v) is 6.17. The zero-order valence-electron chi connectivity index (χ0n) is 10.4. The van der Waals surface area contributed by atoms with E-state index in [-0.39, 0.29) is 15.6 Å². The van der Waals surface area contributed by atoms with E-state index in [1.807, 2.05) is 0 Å². The normalized spacial score (nSPS) is 13.3. The van der Waals surface area contributed by atoms with E-state index in [1.54, 1.807) is 0 Å². The smallest absolute Gasteiger partial charge is 0.262 e. The molecule has 0 heterocycles. The fourth-order valence-corrected chi connectivity index (χ4v) is 3.34. The molecule has 0 bridgehead atoms. The van der Waals surface area contributed by atoms with E-state index in [0.29, 0.717) is 0 Å². The van der Waals surface area contributed by atoms with E-state index < -0.39 is 23.8 Å². The summed E-state index contributed by atoms with van der Waals surface area (Å²) in [5, 5.41) is -0.149. The molecule has 0 spiro atoms. The Hall–Kier alpha value is -0.500. The molecule has 1 rings (SSSR count). The third kappa shape index (κ3) is 3.98. The van der Waals surface area contributed by atoms with Crippen LogP contribution in [0.2, 0.25) is 5.02 Å². The maximum Gasteiger partial charge on any atom is 0.262 e. The Balaban J connectivity index is 3.19. The SMILES string of the molecule is CC(C)(C)S(=O)(=O)Nc1ccc(S(=O)(=O)Cl)c(Cl)c1. The van der Waals surface area contributed by atoms with Gasteiger partial charge in [0.2, 0.25) is 10.0 Å². The molecule has 0 radical (unpaired) electrons. The molecule has 0 aliphatic heterocycles. The van der Waals surface area contributed by atoms with Gasteiger partial charge in [-0.15, -0.1) is 0 Å². The third-order valence-electron chi connectivity index (χ3n) is 2.25. The van der Waals surface area contributed by atoms with Gasteiger partial charge in [-0.2, -0.15) is 0 Å². The van der Waals surface area contributed by atoms with Crippen molar-refractivity contribution in [1.82, 2.24) is 0 Å². The highest BCUT2D eigenvalue weighted by atomic mass is 35.7. The van der Waals surface area contributed by atoms with Crippen LogP contribution < -0.4 is 4.72 Å². The molecule has 19 heavy (non-hydrogen) atoms. The van der Waals surface area contributed by atoms with Crippen LogP contribution in [0.3, 0.4) is 0 Å². The lowest BCUT2D eigenvalue weighted by Crippen LogP contribution is -2.33. The maximum atomic E-state index is 11.9. The molecule has 0 atom stereocenters. The largest absolute Gasteiger partial charge is 0.283 e. The van der Waals surface area contributed by atoms with Crippen LogP contribution in [0, 0.1) is 0 Å². The van der Waals surface area contributed by atoms with Crippen LogP contribution >= 0.6 is 22.3 Å². The van der Waals surface area contributed by atoms with Crippen molar-refractivity contribution in [2.45, 2.75) is 30.4 Å². The molecule has 0 saturated carbocycles. The predicted octanol–water partition coefficient (Wildman–Crippen LogP) is 2.81. The van der Waals surface area contributed by atoms with Crippen molar-refractivity contribution in [2.75, 3.05) is 4.72 Å². The number of anilines is 1. The number of sulfonamides is 1. The van der Waals surface area contributed by atoms with Gasteiger partial charge < -0.3 is 0 Å². The van der Waals surface area contributed by atoms with Crippen LogP contribution in [0.25, 0.3) is 0 Å². The summed E-state index contributed by atoms with van der Waals surface area (Å²) in [5.74, 6) is 0. The first kappa shape index (κ1) is 16.6. The summed E-state index contributed by atoms with van der Waals surface area (Å²) >= 11 is 5.76. The van der Waals surface area contributed by atoms with Crippen LogP contribution in [0.1, 0.15) is 20.8 Å². The summed E-state index contributed by atoms with van der Waals surface area (Å²) in [7, 11) is -2.40. The lowest BCUT2D eigenvalue weighted by atomic mass is 10.3. The number of nitrogens with one attached hydrogen (secondary N) is 1. The quantitative estimate of drug-likeness (QED) is 0.854. The topological polar surface area (TPSA) is 80.3 Å². The summed E-state index contributed by atoms with van der Waals surface area (Å²) in [4.78, 5) is -0.269. The van der Waals surface area contributed by atoms with Gasteiger partial charge in [0.25, 0.3) is 9.05 Å². The fraction of sp³-hybridized carbons (Fsp3) is 0.400. The van der Waals surface area contributed by atoms with Gasteiger partial charge >= 0.3 is 0 Å². The first-order valence-electron chi connectivity index (χ1n) is 5.11. The standard InChI is InChI=1S/C10H13Cl2NO4S2/c1-10(2,3)19(16,17)13-7-4-5-9(8(11)6-7)18(12,14)15/h4-6,13H,1-3H3. The fourth-order valence-electron chi connectivity index (χ4n) is 1.07. The van der Waals surface area contributed by atoms with Gasteiger partial charge in [0.05, 0.1) is 15.5 Å². The molecule has 0 unspecified atom stereocenters. The van der Waals surface area contributed by atoms with Gasteiger partial charge in [0, 0.05) is 10.7 Å². The molecule has 0 fully saturated rings. The average molecular weight is 346 g/mol. The average Bonchev–Trinajstić information content (AvgIpc) is 2.12. The van der Waals surface area contributed by atoms with Gasteiger partial charge in [-0.1, -0.05) is 11.6 Å². The number of hydrogen-bond donors (Lipinski definition) is 1. The first-order chi connectivity index (χ1) is 8.34. The molecule has 0 aromatic heterocycles. The van der Waals surface area contributed by atoms with E-state index in [1.165, 1.54) is 32.9 Å². The molecule has 5 nitrogen and oxygen atoms in total. The second-order valence-electron chi connectivity index (χ2n) is 4.80. The Kier molecular flexibility index (Phi) is 4.46. The van der Waals surface area contributed by atoms with Gasteiger partial charge in [-0.25, -0.2) is 16.8 Å². The Morgan fingerprint density at radius 3 is 2.00 bits per heavy atom. The van der Waals surface area contributed by atoms with Crippen molar-refractivity contribution >= 4 is 47.0 Å². The van der Waals surface area contributed by atoms with Gasteiger partial charge in [-0.3, -0.25) is 4.72 Å². The van der Waals surface area contributed by atoms with Crippen LogP contribution in [-0.4, -0.2) is 21.6 Å². The second kappa shape index (κ2) is 5.12. The molecule has 0 amide bonds. The van der Waals surface area contributed by atoms with Gasteiger partial charge in [-0.05, 0) is 39.0 Å². The van der Waals surface area contributed by atoms with Crippen molar-refractivity contribution in [1.29, 1.82) is 0 Å². The molecule has 0 saturated heterocycles. The Morgan fingerprint density at radius 2 is 1.63 bits per heavy atom. The van der Waals surface area contributed by atoms with Gasteiger partial charge in [0.15, 0.2) is 0 Å². The highest BCUT2D eigenvalue weighted by molar-refractivity contribution is 8.13. The monoisotopic (exact) mass is 345 g/mol. The summed E-state index contributed by atoms with van der Waals surface area (Å²) in [6.45, 7) is 4.61. The maximum absolute atomic E-state index is 11.9. The highest BCUT2D eigenvalue weighted by Gasteiger charge is 2.29. The molecular weight excluding hydrogens is 333 g/mol. The van der Waals surface area contributed by atoms with Crippen molar-refractivity contribution in [3.05, 3.63) is 23.2 Å². The zero-order chi connectivity index (χ0) is 15.1. The molecule has 108 valence electrons. The molecular formula is C10H13Cl2NO4S2. The van der Waals surface area contributed by atoms with Gasteiger partial charge in [0.1, 0.15) is 4.90 Å². The number of benzene rings is 1. The van der Waals surface area contributed by atoms with E-state index in [9.17, 15) is 16.8 Å². The Morgan fingerprint density at radius 1 is 1.11 bits per heavy atom. The van der Waals surface area contributed by atoms with Crippen molar-refractivity contribution in [2.24, 2.45) is 0 Å². The zero-order valence-corrected chi connectivity index (χ0v) is 13.6. The molecule has 1 aromatic rings. The second-order valence-corrected chi connectivity index (χ2v) is 10.2. The molecule has 1 N–H and O–H groups in total. The van der Waals surface area contributed by atoms with Crippen molar-refractivity contribution in [3.8, 4) is 0 Å². The van der Waals surface area contributed by atoms with Crippen LogP contribution in [0.4, 0.5) is 5.69 Å². The summed E-state index contributed by atoms with van der Waals surface area (Å²) in [6, 6.07) is 3.62. The minimum atomic E-state index is -3.96. The number of hydrogen-bond acceptors (Lipinski definition) is 4. The van der Waals surface area contributed by atoms with Crippen LogP contribution in [0.5, 0.6) is 0 Å². The molecule has 0 aliphatic carbocycles. The summed E-state index contributed by atoms with van der Waals surface area (Å²) in [5.41, 5.74) is 0.170. The first-order valence-corrected chi connectivity index (χ1v) is 9.28. The van der Waals surface area contributed by atoms with E-state index >= 15 is 0 Å². The number of rotatable bonds is 3. The summed E-state index contributed by atoms with van der Waals surface area (Å²) in [6.07, 6.45) is 0. The molecule has 1 aromatic carbocycles. The van der Waals surface area contributed by atoms with Crippen molar-refractivity contribution < 1.29 is 16.8 Å². The van der Waals surface area contributed by atoms with Crippen LogP contribution in [0.15, 0.2) is 23.1 Å². The van der Waals surface area contributed by atoms with E-state index in [0.717, 1.165) is 6.07 Å². The van der Waals surface area contributed by atoms with E-state index in [4.69, 9.17) is 22.3 Å². The minimum absolute atomic E-state index is 0.149. The summed E-state index contributed by atoms with van der Waals surface area (Å²) < 4.78 is 47.5. The Labute approximate surface area is 122 Å². The van der Waals surface area contributed by atoms with E-state index in [2.05, 4.69) is 4.72 Å².